The fraction of sp³-hybridized carbons (Fsp3) is 0.622. The third kappa shape index (κ3) is 6.93. The van der Waals surface area contributed by atoms with Crippen molar-refractivity contribution in [2.75, 3.05) is 49.8 Å². The molecule has 0 aliphatic carbocycles. The van der Waals surface area contributed by atoms with E-state index in [1.165, 1.54) is 7.11 Å². The Labute approximate surface area is 298 Å². The molecule has 7 rings (SSSR count). The van der Waals surface area contributed by atoms with Crippen molar-refractivity contribution in [2.24, 2.45) is 5.41 Å². The van der Waals surface area contributed by atoms with Gasteiger partial charge in [0.1, 0.15) is 11.4 Å². The van der Waals surface area contributed by atoms with Crippen LogP contribution in [0, 0.1) is 16.7 Å². The molecule has 51 heavy (non-hydrogen) atoms. The lowest BCUT2D eigenvalue weighted by Gasteiger charge is -2.42. The van der Waals surface area contributed by atoms with E-state index in [-0.39, 0.29) is 42.1 Å². The molecule has 1 spiro atoms. The normalized spacial score (nSPS) is 24.6. The predicted molar refractivity (Wildman–Crippen MR) is 189 cm³/mol. The lowest BCUT2D eigenvalue weighted by molar-refractivity contribution is -0.141. The summed E-state index contributed by atoms with van der Waals surface area (Å²) in [7, 11) is 1.40. The molecule has 4 aliphatic rings. The minimum Gasteiger partial charge on any atom is -0.469 e. The summed E-state index contributed by atoms with van der Waals surface area (Å²) in [4.78, 5) is 39.7. The number of aromatic nitrogens is 4. The van der Waals surface area contributed by atoms with Gasteiger partial charge in [-0.3, -0.25) is 4.79 Å². The first kappa shape index (κ1) is 34.9. The Balaban J connectivity index is 1.18. The molecular formula is C37H48N8O6. The Kier molecular flexibility index (Phi) is 9.54. The van der Waals surface area contributed by atoms with E-state index < -0.39 is 11.7 Å². The second kappa shape index (κ2) is 13.9. The molecule has 2 aromatic heterocycles. The third-order valence-corrected chi connectivity index (χ3v) is 10.8. The summed E-state index contributed by atoms with van der Waals surface area (Å²) in [5.41, 5.74) is 2.88. The van der Waals surface area contributed by atoms with Crippen LogP contribution in [-0.4, -0.2) is 89.5 Å². The number of carbonyl (C=O) groups excluding carboxylic acids is 2. The number of nitriles is 1. The minimum absolute atomic E-state index is 0.0840. The molecule has 0 radical (unpaired) electrons. The maximum Gasteiger partial charge on any atom is 0.407 e. The summed E-state index contributed by atoms with van der Waals surface area (Å²) >= 11 is 0. The molecule has 272 valence electrons. The highest BCUT2D eigenvalue weighted by atomic mass is 16.6. The molecule has 3 fully saturated rings. The molecule has 6 heterocycles. The van der Waals surface area contributed by atoms with Crippen LogP contribution in [0.25, 0.3) is 11.2 Å². The number of rotatable bonds is 6. The second-order valence-corrected chi connectivity index (χ2v) is 15.3. The molecule has 14 heteroatoms. The number of nitrogens with zero attached hydrogens (tertiary/aromatic N) is 7. The number of amides is 1. The number of carbonyl (C=O) groups is 2. The van der Waals surface area contributed by atoms with Gasteiger partial charge in [0.05, 0.1) is 50.1 Å². The number of hydrogen-bond acceptors (Lipinski definition) is 12. The molecule has 1 aromatic carbocycles. The van der Waals surface area contributed by atoms with E-state index in [9.17, 15) is 14.9 Å². The molecule has 4 atom stereocenters. The third-order valence-electron chi connectivity index (χ3n) is 10.8. The molecule has 0 saturated carbocycles. The number of esters is 1. The van der Waals surface area contributed by atoms with Gasteiger partial charge in [-0.1, -0.05) is 0 Å². The van der Waals surface area contributed by atoms with Crippen LogP contribution in [0.4, 0.5) is 22.1 Å². The smallest absolute Gasteiger partial charge is 0.407 e. The van der Waals surface area contributed by atoms with E-state index in [0.717, 1.165) is 62.3 Å². The number of alkyl carbamates (subject to hydrolysis) is 1. The Hall–Kier alpha value is -4.48. The van der Waals surface area contributed by atoms with Crippen molar-refractivity contribution < 1.29 is 28.5 Å². The van der Waals surface area contributed by atoms with E-state index in [1.807, 2.05) is 50.7 Å². The van der Waals surface area contributed by atoms with Crippen LogP contribution in [0.15, 0.2) is 24.4 Å². The van der Waals surface area contributed by atoms with Crippen LogP contribution < -0.4 is 15.1 Å². The average molecular weight is 701 g/mol. The van der Waals surface area contributed by atoms with Crippen LogP contribution in [0.3, 0.4) is 0 Å². The van der Waals surface area contributed by atoms with Crippen molar-refractivity contribution in [1.82, 2.24) is 25.1 Å². The number of nitrogens with one attached hydrogen (secondary N) is 1. The fourth-order valence-corrected chi connectivity index (χ4v) is 8.13. The van der Waals surface area contributed by atoms with Gasteiger partial charge in [0.15, 0.2) is 23.2 Å². The second-order valence-electron chi connectivity index (χ2n) is 15.3. The summed E-state index contributed by atoms with van der Waals surface area (Å²) in [6.07, 6.45) is 6.42. The molecule has 1 amide bonds. The standard InChI is InChI=1S/C37H48N8O6/c1-23-32(41-35(47)51-36(2,3)4)37(22-50-23)12-15-43(16-13-37)28-21-39-31-33(40-28)45(29-8-6-7-17-49-29)42-34(31)44-14-11-25(19-30(46)48-5)26-18-24(20-38)9-10-27(26)44/h9-10,18,21,23,25,29,32H,6-8,11-17,19,22H2,1-5H3,(H,41,47)/t23-,25?,29?,32+/m0/s1. The molecule has 0 bridgehead atoms. The van der Waals surface area contributed by atoms with Crippen LogP contribution in [0.1, 0.15) is 95.9 Å². The van der Waals surface area contributed by atoms with Gasteiger partial charge < -0.3 is 34.1 Å². The number of benzene rings is 1. The van der Waals surface area contributed by atoms with Crippen LogP contribution in [-0.2, 0) is 23.7 Å². The molecule has 14 nitrogen and oxygen atoms in total. The number of fused-ring (bicyclic) bond motifs is 2. The van der Waals surface area contributed by atoms with Crippen molar-refractivity contribution in [2.45, 2.75) is 103 Å². The maximum atomic E-state index is 12.8. The van der Waals surface area contributed by atoms with Crippen LogP contribution in [0.2, 0.25) is 0 Å². The number of hydrogen-bond donors (Lipinski definition) is 1. The van der Waals surface area contributed by atoms with Gasteiger partial charge in [-0.05, 0) is 95.9 Å². The Morgan fingerprint density at radius 2 is 1.94 bits per heavy atom. The Morgan fingerprint density at radius 3 is 2.65 bits per heavy atom. The molecule has 3 aromatic rings. The monoisotopic (exact) mass is 700 g/mol. The Morgan fingerprint density at radius 1 is 1.14 bits per heavy atom. The molecule has 4 aliphatic heterocycles. The first-order chi connectivity index (χ1) is 24.5. The largest absolute Gasteiger partial charge is 0.469 e. The quantitative estimate of drug-likeness (QED) is 0.323. The zero-order valence-corrected chi connectivity index (χ0v) is 30.2. The Bertz CT molecular complexity index is 1820. The average Bonchev–Trinajstić information content (AvgIpc) is 3.64. The van der Waals surface area contributed by atoms with E-state index in [0.29, 0.717) is 48.7 Å². The number of ether oxygens (including phenoxy) is 4. The lowest BCUT2D eigenvalue weighted by Crippen LogP contribution is -2.55. The molecular weight excluding hydrogens is 652 g/mol. The summed E-state index contributed by atoms with van der Waals surface area (Å²) in [6, 6.07) is 7.69. The highest BCUT2D eigenvalue weighted by Crippen LogP contribution is 2.45. The van der Waals surface area contributed by atoms with E-state index in [2.05, 4.69) is 21.2 Å². The summed E-state index contributed by atoms with van der Waals surface area (Å²) < 4.78 is 24.8. The highest BCUT2D eigenvalue weighted by molar-refractivity contribution is 5.89. The number of methoxy groups -OCH3 is 1. The van der Waals surface area contributed by atoms with E-state index >= 15 is 0 Å². The zero-order valence-electron chi connectivity index (χ0n) is 30.2. The lowest BCUT2D eigenvalue weighted by atomic mass is 9.73. The van der Waals surface area contributed by atoms with Gasteiger partial charge in [-0.2, -0.15) is 5.26 Å². The first-order valence-electron chi connectivity index (χ1n) is 18.1. The van der Waals surface area contributed by atoms with Crippen molar-refractivity contribution in [3.63, 3.8) is 0 Å². The molecule has 3 saturated heterocycles. The SMILES string of the molecule is COC(=O)CC1CCN(c2nn(C3CCCCO3)c3nc(N4CCC5(CC4)CO[C@@H](C)[C@H]5NC(=O)OC(C)(C)C)cnc23)c2ccc(C#N)cc21. The first-order valence-corrected chi connectivity index (χ1v) is 18.1. The number of piperidine rings is 1. The van der Waals surface area contributed by atoms with Gasteiger partial charge in [0.25, 0.3) is 0 Å². The van der Waals surface area contributed by atoms with Crippen LogP contribution >= 0.6 is 0 Å². The van der Waals surface area contributed by atoms with Gasteiger partial charge in [-0.25, -0.2) is 19.4 Å². The van der Waals surface area contributed by atoms with Gasteiger partial charge in [0.2, 0.25) is 0 Å². The van der Waals surface area contributed by atoms with Crippen LogP contribution in [0.5, 0.6) is 0 Å². The van der Waals surface area contributed by atoms with Gasteiger partial charge in [0, 0.05) is 37.3 Å². The molecule has 2 unspecified atom stereocenters. The van der Waals surface area contributed by atoms with Crippen molar-refractivity contribution in [3.05, 3.63) is 35.5 Å². The number of anilines is 3. The van der Waals surface area contributed by atoms with Gasteiger partial charge >= 0.3 is 12.1 Å². The van der Waals surface area contributed by atoms with Crippen molar-refractivity contribution in [3.8, 4) is 6.07 Å². The fourth-order valence-electron chi connectivity index (χ4n) is 8.13. The maximum absolute atomic E-state index is 12.8. The summed E-state index contributed by atoms with van der Waals surface area (Å²) in [5.74, 6) is 1.07. The molecule has 1 N–H and O–H groups in total. The topological polar surface area (TPSA) is 157 Å². The van der Waals surface area contributed by atoms with Crippen molar-refractivity contribution in [1.29, 1.82) is 5.26 Å². The van der Waals surface area contributed by atoms with Crippen molar-refractivity contribution >= 4 is 40.5 Å². The highest BCUT2D eigenvalue weighted by Gasteiger charge is 2.50. The zero-order chi connectivity index (χ0) is 35.9. The minimum atomic E-state index is -0.582. The van der Waals surface area contributed by atoms with E-state index in [4.69, 9.17) is 34.0 Å². The predicted octanol–water partition coefficient (Wildman–Crippen LogP) is 5.48. The summed E-state index contributed by atoms with van der Waals surface area (Å²) in [6.45, 7) is 10.9. The summed E-state index contributed by atoms with van der Waals surface area (Å²) in [5, 5.41) is 18.0. The van der Waals surface area contributed by atoms with E-state index in [1.54, 1.807) is 6.07 Å². The van der Waals surface area contributed by atoms with Gasteiger partial charge in [-0.15, -0.1) is 5.10 Å².